The van der Waals surface area contributed by atoms with E-state index < -0.39 is 6.04 Å². The van der Waals surface area contributed by atoms with Gasteiger partial charge in [-0.3, -0.25) is 9.78 Å². The van der Waals surface area contributed by atoms with Crippen LogP contribution in [0.15, 0.2) is 18.6 Å². The zero-order valence-corrected chi connectivity index (χ0v) is 9.50. The Morgan fingerprint density at radius 1 is 1.47 bits per heavy atom. The first-order chi connectivity index (χ1) is 8.24. The molecular formula is C11H13N3O3. The monoisotopic (exact) mass is 235 g/mol. The Kier molecular flexibility index (Phi) is 3.32. The van der Waals surface area contributed by atoms with E-state index in [-0.39, 0.29) is 17.6 Å². The molecule has 6 heteroatoms. The molecule has 1 amide bonds. The maximum atomic E-state index is 12.1. The number of hydrogen-bond donors (Lipinski definition) is 0. The average Bonchev–Trinajstić information content (AvgIpc) is 2.87. The Balaban J connectivity index is 2.17. The highest BCUT2D eigenvalue weighted by atomic mass is 16.5. The van der Waals surface area contributed by atoms with Crippen molar-refractivity contribution in [1.29, 1.82) is 0 Å². The fourth-order valence-electron chi connectivity index (χ4n) is 1.95. The second-order valence-electron chi connectivity index (χ2n) is 3.77. The standard InChI is InChI=1S/C11H13N3O3/c1-17-11(16)9-3-2-6-14(9)10(15)8-7-12-4-5-13-8/h4-5,7,9H,2-3,6H2,1H3/t9-/m0/s1. The van der Waals surface area contributed by atoms with Crippen molar-refractivity contribution < 1.29 is 14.3 Å². The average molecular weight is 235 g/mol. The summed E-state index contributed by atoms with van der Waals surface area (Å²) in [5, 5.41) is 0. The minimum absolute atomic E-state index is 0.253. The fourth-order valence-corrected chi connectivity index (χ4v) is 1.95. The second kappa shape index (κ2) is 4.90. The molecule has 0 bridgehead atoms. The molecule has 1 aliphatic heterocycles. The number of carbonyl (C=O) groups is 2. The minimum Gasteiger partial charge on any atom is -0.467 e. The highest BCUT2D eigenvalue weighted by molar-refractivity contribution is 5.95. The molecule has 1 aromatic heterocycles. The van der Waals surface area contributed by atoms with Gasteiger partial charge in [0.15, 0.2) is 0 Å². The van der Waals surface area contributed by atoms with Crippen LogP contribution in [0.1, 0.15) is 23.3 Å². The molecule has 0 unspecified atom stereocenters. The predicted octanol–water partition coefficient (Wildman–Crippen LogP) is 0.254. The highest BCUT2D eigenvalue weighted by Gasteiger charge is 2.35. The van der Waals surface area contributed by atoms with Crippen LogP contribution in [-0.2, 0) is 9.53 Å². The van der Waals surface area contributed by atoms with Crippen molar-refractivity contribution in [3.8, 4) is 0 Å². The summed E-state index contributed by atoms with van der Waals surface area (Å²) >= 11 is 0. The third-order valence-electron chi connectivity index (χ3n) is 2.77. The van der Waals surface area contributed by atoms with E-state index in [4.69, 9.17) is 0 Å². The van der Waals surface area contributed by atoms with Crippen molar-refractivity contribution in [3.05, 3.63) is 24.3 Å². The largest absolute Gasteiger partial charge is 0.467 e. The Morgan fingerprint density at radius 3 is 2.94 bits per heavy atom. The van der Waals surface area contributed by atoms with Gasteiger partial charge in [-0.1, -0.05) is 0 Å². The molecule has 6 nitrogen and oxygen atoms in total. The van der Waals surface area contributed by atoms with Crippen LogP contribution < -0.4 is 0 Å². The number of ether oxygens (including phenoxy) is 1. The van der Waals surface area contributed by atoms with E-state index in [0.29, 0.717) is 13.0 Å². The Labute approximate surface area is 98.6 Å². The zero-order valence-electron chi connectivity index (χ0n) is 9.50. The smallest absolute Gasteiger partial charge is 0.328 e. The number of amides is 1. The molecule has 0 aromatic carbocycles. The third kappa shape index (κ3) is 2.25. The normalized spacial score (nSPS) is 19.1. The molecule has 0 saturated carbocycles. The molecule has 1 atom stereocenters. The van der Waals surface area contributed by atoms with Gasteiger partial charge in [0.05, 0.1) is 13.3 Å². The van der Waals surface area contributed by atoms with Gasteiger partial charge >= 0.3 is 5.97 Å². The number of aromatic nitrogens is 2. The molecule has 0 radical (unpaired) electrons. The Morgan fingerprint density at radius 2 is 2.29 bits per heavy atom. The van der Waals surface area contributed by atoms with Gasteiger partial charge in [-0.05, 0) is 12.8 Å². The van der Waals surface area contributed by atoms with Gasteiger partial charge in [0, 0.05) is 18.9 Å². The van der Waals surface area contributed by atoms with Crippen LogP contribution in [0.5, 0.6) is 0 Å². The van der Waals surface area contributed by atoms with Gasteiger partial charge < -0.3 is 9.64 Å². The molecule has 0 spiro atoms. The molecule has 1 saturated heterocycles. The number of hydrogen-bond acceptors (Lipinski definition) is 5. The van der Waals surface area contributed by atoms with E-state index in [9.17, 15) is 9.59 Å². The lowest BCUT2D eigenvalue weighted by molar-refractivity contribution is -0.145. The van der Waals surface area contributed by atoms with E-state index in [1.807, 2.05) is 0 Å². The van der Waals surface area contributed by atoms with Crippen molar-refractivity contribution in [3.63, 3.8) is 0 Å². The summed E-state index contributed by atoms with van der Waals surface area (Å²) < 4.78 is 4.68. The van der Waals surface area contributed by atoms with E-state index in [1.165, 1.54) is 30.6 Å². The first-order valence-electron chi connectivity index (χ1n) is 5.39. The van der Waals surface area contributed by atoms with Gasteiger partial charge in [-0.15, -0.1) is 0 Å². The second-order valence-corrected chi connectivity index (χ2v) is 3.77. The van der Waals surface area contributed by atoms with Crippen LogP contribution in [0.4, 0.5) is 0 Å². The molecule has 1 fully saturated rings. The van der Waals surface area contributed by atoms with Crippen molar-refractivity contribution >= 4 is 11.9 Å². The number of rotatable bonds is 2. The van der Waals surface area contributed by atoms with Crippen LogP contribution in [0.3, 0.4) is 0 Å². The molecule has 90 valence electrons. The van der Waals surface area contributed by atoms with Crippen LogP contribution in [-0.4, -0.2) is 46.4 Å². The minimum atomic E-state index is -0.491. The Bertz CT molecular complexity index is 421. The number of nitrogens with zero attached hydrogens (tertiary/aromatic N) is 3. The number of esters is 1. The van der Waals surface area contributed by atoms with Gasteiger partial charge in [0.25, 0.3) is 5.91 Å². The molecule has 0 N–H and O–H groups in total. The quantitative estimate of drug-likeness (QED) is 0.687. The van der Waals surface area contributed by atoms with Crippen molar-refractivity contribution in [2.75, 3.05) is 13.7 Å². The molecule has 0 aliphatic carbocycles. The lowest BCUT2D eigenvalue weighted by Crippen LogP contribution is -2.41. The van der Waals surface area contributed by atoms with Gasteiger partial charge in [0.2, 0.25) is 0 Å². The summed E-state index contributed by atoms with van der Waals surface area (Å²) in [6, 6.07) is -0.491. The van der Waals surface area contributed by atoms with E-state index in [0.717, 1.165) is 6.42 Å². The summed E-state index contributed by atoms with van der Waals surface area (Å²) in [5.74, 6) is -0.647. The molecule has 1 aliphatic rings. The lowest BCUT2D eigenvalue weighted by Gasteiger charge is -2.21. The van der Waals surface area contributed by atoms with Crippen LogP contribution in [0.2, 0.25) is 0 Å². The third-order valence-corrected chi connectivity index (χ3v) is 2.77. The summed E-state index contributed by atoms with van der Waals surface area (Å²) in [6.07, 6.45) is 5.79. The van der Waals surface area contributed by atoms with Crippen LogP contribution in [0, 0.1) is 0 Å². The van der Waals surface area contributed by atoms with Crippen LogP contribution >= 0.6 is 0 Å². The van der Waals surface area contributed by atoms with Gasteiger partial charge in [-0.2, -0.15) is 0 Å². The molecular weight excluding hydrogens is 222 g/mol. The summed E-state index contributed by atoms with van der Waals surface area (Å²) in [4.78, 5) is 32.9. The first kappa shape index (κ1) is 11.5. The van der Waals surface area contributed by atoms with E-state index in [1.54, 1.807) is 0 Å². The number of carbonyl (C=O) groups excluding carboxylic acids is 2. The molecule has 1 aromatic rings. The lowest BCUT2D eigenvalue weighted by atomic mass is 10.2. The molecule has 2 heterocycles. The van der Waals surface area contributed by atoms with Gasteiger partial charge in [0.1, 0.15) is 11.7 Å². The van der Waals surface area contributed by atoms with E-state index in [2.05, 4.69) is 14.7 Å². The zero-order chi connectivity index (χ0) is 12.3. The highest BCUT2D eigenvalue weighted by Crippen LogP contribution is 2.20. The number of methoxy groups -OCH3 is 1. The van der Waals surface area contributed by atoms with Crippen LogP contribution in [0.25, 0.3) is 0 Å². The summed E-state index contributed by atoms with van der Waals surface area (Å²) in [5.41, 5.74) is 0.253. The SMILES string of the molecule is COC(=O)[C@@H]1CCCN1C(=O)c1cnccn1. The fraction of sp³-hybridized carbons (Fsp3) is 0.455. The predicted molar refractivity (Wildman–Crippen MR) is 58.1 cm³/mol. The van der Waals surface area contributed by atoms with Crippen molar-refractivity contribution in [2.24, 2.45) is 0 Å². The van der Waals surface area contributed by atoms with Crippen molar-refractivity contribution in [1.82, 2.24) is 14.9 Å². The Hall–Kier alpha value is -1.98. The molecule has 17 heavy (non-hydrogen) atoms. The van der Waals surface area contributed by atoms with Gasteiger partial charge in [-0.25, -0.2) is 9.78 Å². The summed E-state index contributed by atoms with van der Waals surface area (Å²) in [7, 11) is 1.33. The molecule has 2 rings (SSSR count). The van der Waals surface area contributed by atoms with E-state index >= 15 is 0 Å². The maximum absolute atomic E-state index is 12.1. The van der Waals surface area contributed by atoms with Crippen molar-refractivity contribution in [2.45, 2.75) is 18.9 Å². The first-order valence-corrected chi connectivity index (χ1v) is 5.39. The maximum Gasteiger partial charge on any atom is 0.328 e. The summed E-state index contributed by atoms with van der Waals surface area (Å²) in [6.45, 7) is 0.551. The number of likely N-dealkylation sites (tertiary alicyclic amines) is 1. The topological polar surface area (TPSA) is 72.4 Å².